The van der Waals surface area contributed by atoms with Crippen molar-refractivity contribution in [1.82, 2.24) is 10.2 Å². The van der Waals surface area contributed by atoms with E-state index in [-0.39, 0.29) is 30.1 Å². The third kappa shape index (κ3) is 2.70. The number of likely N-dealkylation sites (tertiary alicyclic amines) is 1. The third-order valence-corrected chi connectivity index (χ3v) is 5.74. The number of hydrogen-bond acceptors (Lipinski definition) is 3. The molecule has 2 N–H and O–H groups in total. The first kappa shape index (κ1) is 17.2. The number of carbonyl (C=O) groups excluding carboxylic acids is 2. The molecule has 0 radical (unpaired) electrons. The van der Waals surface area contributed by atoms with Crippen molar-refractivity contribution in [2.75, 3.05) is 31.5 Å². The molecule has 0 saturated carbocycles. The lowest BCUT2D eigenvalue weighted by Gasteiger charge is -2.39. The Morgan fingerprint density at radius 1 is 1.12 bits per heavy atom. The van der Waals surface area contributed by atoms with Crippen molar-refractivity contribution >= 4 is 29.9 Å². The zero-order valence-electron chi connectivity index (χ0n) is 13.7. The number of rotatable bonds is 1. The first-order chi connectivity index (χ1) is 11.2. The molecule has 130 valence electrons. The molecule has 2 fully saturated rings. The summed E-state index contributed by atoms with van der Waals surface area (Å²) in [7, 11) is 0. The highest BCUT2D eigenvalue weighted by molar-refractivity contribution is 6.06. The number of anilines is 1. The van der Waals surface area contributed by atoms with Gasteiger partial charge in [0, 0.05) is 24.7 Å². The van der Waals surface area contributed by atoms with Gasteiger partial charge in [0.25, 0.3) is 0 Å². The summed E-state index contributed by atoms with van der Waals surface area (Å²) in [4.78, 5) is 27.2. The Bertz CT molecular complexity index is 635. The molecule has 6 heteroatoms. The van der Waals surface area contributed by atoms with Gasteiger partial charge in [0.1, 0.15) is 0 Å². The minimum absolute atomic E-state index is 0. The van der Waals surface area contributed by atoms with E-state index in [1.165, 1.54) is 0 Å². The predicted molar refractivity (Wildman–Crippen MR) is 95.4 cm³/mol. The zero-order valence-corrected chi connectivity index (χ0v) is 14.5. The summed E-state index contributed by atoms with van der Waals surface area (Å²) >= 11 is 0. The lowest BCUT2D eigenvalue weighted by molar-refractivity contribution is -0.139. The van der Waals surface area contributed by atoms with Gasteiger partial charge >= 0.3 is 0 Å². The topological polar surface area (TPSA) is 61.4 Å². The summed E-state index contributed by atoms with van der Waals surface area (Å²) in [5, 5.41) is 6.32. The number of carbonyl (C=O) groups is 2. The molecule has 3 aliphatic rings. The summed E-state index contributed by atoms with van der Waals surface area (Å²) in [5.41, 5.74) is 1.62. The van der Waals surface area contributed by atoms with Gasteiger partial charge in [-0.2, -0.15) is 0 Å². The van der Waals surface area contributed by atoms with Crippen molar-refractivity contribution in [3.8, 4) is 0 Å². The van der Waals surface area contributed by atoms with Gasteiger partial charge in [-0.3, -0.25) is 9.59 Å². The average Bonchev–Trinajstić information content (AvgIpc) is 2.88. The maximum Gasteiger partial charge on any atom is 0.235 e. The zero-order chi connectivity index (χ0) is 15.9. The average molecular weight is 350 g/mol. The molecule has 2 saturated heterocycles. The highest BCUT2D eigenvalue weighted by atomic mass is 35.5. The van der Waals surface area contributed by atoms with E-state index in [0.717, 1.165) is 50.0 Å². The van der Waals surface area contributed by atoms with Crippen LogP contribution in [-0.2, 0) is 15.0 Å². The Kier molecular flexibility index (Phi) is 4.83. The summed E-state index contributed by atoms with van der Waals surface area (Å²) in [6.07, 6.45) is 3.33. The SMILES string of the molecule is Cl.O=C(C1CCNCC1)N1CCC2(CC1)C(=O)Nc1ccccc12. The van der Waals surface area contributed by atoms with Gasteiger partial charge in [-0.05, 0) is 50.4 Å². The molecule has 0 unspecified atom stereocenters. The van der Waals surface area contributed by atoms with Crippen molar-refractivity contribution in [2.24, 2.45) is 5.92 Å². The van der Waals surface area contributed by atoms with E-state index in [1.54, 1.807) is 0 Å². The number of piperidine rings is 2. The number of nitrogens with one attached hydrogen (secondary N) is 2. The second-order valence-corrected chi connectivity index (χ2v) is 6.93. The molecule has 5 nitrogen and oxygen atoms in total. The highest BCUT2D eigenvalue weighted by Gasteiger charge is 2.49. The molecular weight excluding hydrogens is 326 g/mol. The van der Waals surface area contributed by atoms with Crippen molar-refractivity contribution < 1.29 is 9.59 Å². The fourth-order valence-corrected chi connectivity index (χ4v) is 4.31. The molecular formula is C18H24ClN3O2. The molecule has 2 amide bonds. The highest BCUT2D eigenvalue weighted by Crippen LogP contribution is 2.44. The number of nitrogens with zero attached hydrogens (tertiary/aromatic N) is 1. The van der Waals surface area contributed by atoms with Crippen molar-refractivity contribution in [3.05, 3.63) is 29.8 Å². The van der Waals surface area contributed by atoms with E-state index < -0.39 is 5.41 Å². The maximum atomic E-state index is 12.7. The van der Waals surface area contributed by atoms with Gasteiger partial charge in [-0.15, -0.1) is 12.4 Å². The van der Waals surface area contributed by atoms with Crippen LogP contribution in [0.1, 0.15) is 31.2 Å². The Hall–Kier alpha value is -1.59. The molecule has 3 aliphatic heterocycles. The number of fused-ring (bicyclic) bond motifs is 2. The van der Waals surface area contributed by atoms with Gasteiger partial charge < -0.3 is 15.5 Å². The van der Waals surface area contributed by atoms with Crippen molar-refractivity contribution in [2.45, 2.75) is 31.1 Å². The number of halogens is 1. The standard InChI is InChI=1S/C18H23N3O2.ClH/c22-16(13-5-9-19-10-6-13)21-11-7-18(8-12-21)14-3-1-2-4-15(14)20-17(18)23;/h1-4,13,19H,5-12H2,(H,20,23);1H. The molecule has 1 aromatic carbocycles. The lowest BCUT2D eigenvalue weighted by Crippen LogP contribution is -2.50. The largest absolute Gasteiger partial charge is 0.342 e. The van der Waals surface area contributed by atoms with E-state index in [4.69, 9.17) is 0 Å². The van der Waals surface area contributed by atoms with E-state index in [1.807, 2.05) is 23.1 Å². The summed E-state index contributed by atoms with van der Waals surface area (Å²) in [6.45, 7) is 3.24. The number of para-hydroxylation sites is 1. The van der Waals surface area contributed by atoms with Gasteiger partial charge in [-0.1, -0.05) is 18.2 Å². The molecule has 0 aliphatic carbocycles. The number of hydrogen-bond donors (Lipinski definition) is 2. The predicted octanol–water partition coefficient (Wildman–Crippen LogP) is 1.92. The second-order valence-electron chi connectivity index (χ2n) is 6.93. The van der Waals surface area contributed by atoms with Crippen LogP contribution in [0.4, 0.5) is 5.69 Å². The Balaban J connectivity index is 0.00000169. The molecule has 1 spiro atoms. The van der Waals surface area contributed by atoms with Gasteiger partial charge in [0.05, 0.1) is 5.41 Å². The van der Waals surface area contributed by atoms with Gasteiger partial charge in [0.15, 0.2) is 0 Å². The molecule has 0 bridgehead atoms. The van der Waals surface area contributed by atoms with Crippen LogP contribution in [0.3, 0.4) is 0 Å². The number of amides is 2. The van der Waals surface area contributed by atoms with E-state index in [0.29, 0.717) is 13.1 Å². The molecule has 4 rings (SSSR count). The lowest BCUT2D eigenvalue weighted by atomic mass is 9.73. The van der Waals surface area contributed by atoms with Crippen LogP contribution in [0.5, 0.6) is 0 Å². The Morgan fingerprint density at radius 3 is 2.50 bits per heavy atom. The second kappa shape index (κ2) is 6.73. The monoisotopic (exact) mass is 349 g/mol. The van der Waals surface area contributed by atoms with Crippen molar-refractivity contribution in [1.29, 1.82) is 0 Å². The van der Waals surface area contributed by atoms with E-state index >= 15 is 0 Å². The fourth-order valence-electron chi connectivity index (χ4n) is 4.31. The molecule has 0 aromatic heterocycles. The molecule has 0 atom stereocenters. The Morgan fingerprint density at radius 2 is 1.79 bits per heavy atom. The van der Waals surface area contributed by atoms with Crippen LogP contribution in [0.15, 0.2) is 24.3 Å². The van der Waals surface area contributed by atoms with Crippen LogP contribution in [0.25, 0.3) is 0 Å². The third-order valence-electron chi connectivity index (χ3n) is 5.74. The Labute approximate surface area is 148 Å². The number of benzene rings is 1. The van der Waals surface area contributed by atoms with Crippen LogP contribution >= 0.6 is 12.4 Å². The van der Waals surface area contributed by atoms with Gasteiger partial charge in [-0.25, -0.2) is 0 Å². The first-order valence-electron chi connectivity index (χ1n) is 8.61. The van der Waals surface area contributed by atoms with Crippen LogP contribution in [0.2, 0.25) is 0 Å². The first-order valence-corrected chi connectivity index (χ1v) is 8.61. The minimum Gasteiger partial charge on any atom is -0.342 e. The maximum absolute atomic E-state index is 12.7. The van der Waals surface area contributed by atoms with Crippen LogP contribution in [-0.4, -0.2) is 42.9 Å². The minimum atomic E-state index is -0.429. The smallest absolute Gasteiger partial charge is 0.235 e. The van der Waals surface area contributed by atoms with Gasteiger partial charge in [0.2, 0.25) is 11.8 Å². The van der Waals surface area contributed by atoms with Crippen LogP contribution < -0.4 is 10.6 Å². The molecule has 24 heavy (non-hydrogen) atoms. The molecule has 3 heterocycles. The molecule has 1 aromatic rings. The summed E-state index contributed by atoms with van der Waals surface area (Å²) in [5.74, 6) is 0.552. The normalized spacial score (nSPS) is 22.7. The van der Waals surface area contributed by atoms with Crippen molar-refractivity contribution in [3.63, 3.8) is 0 Å². The van der Waals surface area contributed by atoms with E-state index in [9.17, 15) is 9.59 Å². The van der Waals surface area contributed by atoms with E-state index in [2.05, 4.69) is 16.7 Å². The summed E-state index contributed by atoms with van der Waals surface area (Å²) < 4.78 is 0. The summed E-state index contributed by atoms with van der Waals surface area (Å²) in [6, 6.07) is 7.97. The quantitative estimate of drug-likeness (QED) is 0.814. The fraction of sp³-hybridized carbons (Fsp3) is 0.556. The van der Waals surface area contributed by atoms with Crippen LogP contribution in [0, 0.1) is 5.92 Å².